The molecule has 142 valence electrons. The Labute approximate surface area is 171 Å². The first-order chi connectivity index (χ1) is 11.6. The highest BCUT2D eigenvalue weighted by Gasteiger charge is 2.20. The smallest absolute Gasteiger partial charge is 0.231 e. The zero-order chi connectivity index (χ0) is 17.4. The van der Waals surface area contributed by atoms with Crippen LogP contribution in [-0.2, 0) is 11.2 Å². The van der Waals surface area contributed by atoms with Gasteiger partial charge in [0.25, 0.3) is 0 Å². The van der Waals surface area contributed by atoms with Gasteiger partial charge < -0.3 is 16.4 Å². The number of piperidine rings is 1. The highest BCUT2D eigenvalue weighted by molar-refractivity contribution is 14.0. The molecule has 1 aromatic rings. The topological polar surface area (TPSA) is 82.8 Å². The van der Waals surface area contributed by atoms with Gasteiger partial charge in [0, 0.05) is 37.6 Å². The van der Waals surface area contributed by atoms with Crippen molar-refractivity contribution < 1.29 is 4.79 Å². The lowest BCUT2D eigenvalue weighted by Crippen LogP contribution is -2.50. The number of nitrogens with one attached hydrogen (secondary N) is 2. The number of thiophene rings is 1. The normalized spacial score (nSPS) is 17.6. The molecule has 0 radical (unpaired) electrons. The standard InChI is InChI=1S/C17H29N5OS.HI/c1-13(10-15-4-3-9-24-15)11-20-17(19-2)21-14-5-7-22(8-6-14)12-16(18)23;/h3-4,9,13-14H,5-8,10-12H2,1-2H3,(H2,18,23)(H2,19,20,21);1H. The third-order valence-corrected chi connectivity index (χ3v) is 5.18. The molecule has 2 heterocycles. The van der Waals surface area contributed by atoms with Crippen LogP contribution in [0.4, 0.5) is 0 Å². The van der Waals surface area contributed by atoms with E-state index in [0.717, 1.165) is 44.9 Å². The zero-order valence-corrected chi connectivity index (χ0v) is 18.2. The van der Waals surface area contributed by atoms with E-state index in [9.17, 15) is 4.79 Å². The maximum Gasteiger partial charge on any atom is 0.231 e. The van der Waals surface area contributed by atoms with Gasteiger partial charge in [0.1, 0.15) is 0 Å². The van der Waals surface area contributed by atoms with E-state index in [2.05, 4.69) is 45.0 Å². The minimum absolute atomic E-state index is 0. The SMILES string of the molecule is CN=C(NCC(C)Cc1cccs1)NC1CCN(CC(N)=O)CC1.I. The first kappa shape index (κ1) is 22.2. The molecule has 1 amide bonds. The van der Waals surface area contributed by atoms with Gasteiger partial charge in [0.05, 0.1) is 6.54 Å². The van der Waals surface area contributed by atoms with E-state index in [1.54, 1.807) is 0 Å². The fourth-order valence-corrected chi connectivity index (χ4v) is 3.83. The lowest BCUT2D eigenvalue weighted by Gasteiger charge is -2.32. The Bertz CT molecular complexity index is 529. The van der Waals surface area contributed by atoms with Gasteiger partial charge in [-0.2, -0.15) is 0 Å². The van der Waals surface area contributed by atoms with Crippen LogP contribution >= 0.6 is 35.3 Å². The molecular weight excluding hydrogens is 449 g/mol. The van der Waals surface area contributed by atoms with Crippen molar-refractivity contribution in [1.29, 1.82) is 0 Å². The first-order valence-corrected chi connectivity index (χ1v) is 9.45. The highest BCUT2D eigenvalue weighted by atomic mass is 127. The molecule has 0 bridgehead atoms. The Morgan fingerprint density at radius 2 is 2.20 bits per heavy atom. The summed E-state index contributed by atoms with van der Waals surface area (Å²) in [5.41, 5.74) is 5.25. The molecule has 8 heteroatoms. The Morgan fingerprint density at radius 3 is 2.76 bits per heavy atom. The summed E-state index contributed by atoms with van der Waals surface area (Å²) >= 11 is 1.81. The fraction of sp³-hybridized carbons (Fsp3) is 0.647. The van der Waals surface area contributed by atoms with Gasteiger partial charge in [0.15, 0.2) is 5.96 Å². The number of likely N-dealkylation sites (tertiary alicyclic amines) is 1. The molecule has 1 aliphatic rings. The van der Waals surface area contributed by atoms with Gasteiger partial charge in [-0.25, -0.2) is 0 Å². The average Bonchev–Trinajstić information content (AvgIpc) is 3.05. The lowest BCUT2D eigenvalue weighted by atomic mass is 10.1. The molecule has 1 atom stereocenters. The molecule has 0 aliphatic carbocycles. The average molecular weight is 479 g/mol. The summed E-state index contributed by atoms with van der Waals surface area (Å²) in [4.78, 5) is 18.8. The van der Waals surface area contributed by atoms with Crippen LogP contribution in [0.1, 0.15) is 24.6 Å². The Kier molecular flexibility index (Phi) is 10.4. The number of amides is 1. The number of halogens is 1. The summed E-state index contributed by atoms with van der Waals surface area (Å²) in [7, 11) is 1.81. The summed E-state index contributed by atoms with van der Waals surface area (Å²) < 4.78 is 0. The van der Waals surface area contributed by atoms with Crippen molar-refractivity contribution in [2.24, 2.45) is 16.6 Å². The summed E-state index contributed by atoms with van der Waals surface area (Å²) in [6.07, 6.45) is 3.09. The number of rotatable bonds is 7. The largest absolute Gasteiger partial charge is 0.369 e. The van der Waals surface area contributed by atoms with Crippen LogP contribution in [0, 0.1) is 5.92 Å². The number of hydrogen-bond donors (Lipinski definition) is 3. The number of hydrogen-bond acceptors (Lipinski definition) is 4. The van der Waals surface area contributed by atoms with Crippen molar-refractivity contribution in [3.8, 4) is 0 Å². The molecule has 1 unspecified atom stereocenters. The Morgan fingerprint density at radius 1 is 1.48 bits per heavy atom. The highest BCUT2D eigenvalue weighted by Crippen LogP contribution is 2.14. The van der Waals surface area contributed by atoms with Crippen molar-refractivity contribution in [3.63, 3.8) is 0 Å². The summed E-state index contributed by atoms with van der Waals surface area (Å²) in [6.45, 7) is 5.30. The minimum atomic E-state index is -0.251. The molecule has 1 aliphatic heterocycles. The van der Waals surface area contributed by atoms with E-state index in [0.29, 0.717) is 18.5 Å². The molecule has 25 heavy (non-hydrogen) atoms. The van der Waals surface area contributed by atoms with E-state index in [1.807, 2.05) is 18.4 Å². The fourth-order valence-electron chi connectivity index (χ4n) is 2.96. The number of carbonyl (C=O) groups excluding carboxylic acids is 1. The maximum atomic E-state index is 11.0. The second-order valence-electron chi connectivity index (χ2n) is 6.50. The van der Waals surface area contributed by atoms with E-state index >= 15 is 0 Å². The predicted octanol–water partition coefficient (Wildman–Crippen LogP) is 1.66. The van der Waals surface area contributed by atoms with E-state index in [4.69, 9.17) is 5.73 Å². The Hall–Kier alpha value is -0.870. The van der Waals surface area contributed by atoms with Crippen LogP contribution in [0.2, 0.25) is 0 Å². The maximum absolute atomic E-state index is 11.0. The predicted molar refractivity (Wildman–Crippen MR) is 116 cm³/mol. The number of primary amides is 1. The van der Waals surface area contributed by atoms with Gasteiger partial charge in [0.2, 0.25) is 5.91 Å². The zero-order valence-electron chi connectivity index (χ0n) is 15.0. The van der Waals surface area contributed by atoms with Crippen LogP contribution in [-0.4, -0.2) is 56.0 Å². The second kappa shape index (κ2) is 11.7. The van der Waals surface area contributed by atoms with Crippen molar-refractivity contribution in [2.45, 2.75) is 32.2 Å². The molecule has 2 rings (SSSR count). The van der Waals surface area contributed by atoms with Crippen molar-refractivity contribution >= 4 is 47.2 Å². The van der Waals surface area contributed by atoms with Gasteiger partial charge in [-0.1, -0.05) is 13.0 Å². The summed E-state index contributed by atoms with van der Waals surface area (Å²) in [6, 6.07) is 4.69. The second-order valence-corrected chi connectivity index (χ2v) is 7.54. The molecule has 1 saturated heterocycles. The first-order valence-electron chi connectivity index (χ1n) is 8.57. The number of nitrogens with zero attached hydrogens (tertiary/aromatic N) is 2. The number of nitrogens with two attached hydrogens (primary N) is 1. The monoisotopic (exact) mass is 479 g/mol. The summed E-state index contributed by atoms with van der Waals surface area (Å²) in [5.74, 6) is 1.17. The molecule has 4 N–H and O–H groups in total. The summed E-state index contributed by atoms with van der Waals surface area (Å²) in [5, 5.41) is 9.05. The van der Waals surface area contributed by atoms with Crippen LogP contribution in [0.15, 0.2) is 22.5 Å². The van der Waals surface area contributed by atoms with Gasteiger partial charge in [-0.15, -0.1) is 35.3 Å². The van der Waals surface area contributed by atoms with Crippen molar-refractivity contribution in [1.82, 2.24) is 15.5 Å². The third kappa shape index (κ3) is 8.37. The molecule has 0 saturated carbocycles. The van der Waals surface area contributed by atoms with Crippen LogP contribution < -0.4 is 16.4 Å². The van der Waals surface area contributed by atoms with E-state index < -0.39 is 0 Å². The number of aliphatic imine (C=N–C) groups is 1. The number of carbonyl (C=O) groups is 1. The van der Waals surface area contributed by atoms with E-state index in [1.165, 1.54) is 4.88 Å². The quantitative estimate of drug-likeness (QED) is 0.316. The molecule has 0 aromatic carbocycles. The molecule has 6 nitrogen and oxygen atoms in total. The molecular formula is C17H30IN5OS. The Balaban J connectivity index is 0.00000312. The minimum Gasteiger partial charge on any atom is -0.369 e. The van der Waals surface area contributed by atoms with Crippen molar-refractivity contribution in [3.05, 3.63) is 22.4 Å². The number of guanidine groups is 1. The van der Waals surface area contributed by atoms with Gasteiger partial charge in [-0.3, -0.25) is 14.7 Å². The van der Waals surface area contributed by atoms with E-state index in [-0.39, 0.29) is 29.9 Å². The van der Waals surface area contributed by atoms with Crippen LogP contribution in [0.5, 0.6) is 0 Å². The molecule has 1 fully saturated rings. The van der Waals surface area contributed by atoms with Crippen molar-refractivity contribution in [2.75, 3.05) is 33.2 Å². The van der Waals surface area contributed by atoms with Crippen LogP contribution in [0.25, 0.3) is 0 Å². The molecule has 0 spiro atoms. The van der Waals surface area contributed by atoms with Gasteiger partial charge in [-0.05, 0) is 36.6 Å². The molecule has 1 aromatic heterocycles. The lowest BCUT2D eigenvalue weighted by molar-refractivity contribution is -0.119. The van der Waals surface area contributed by atoms with Gasteiger partial charge >= 0.3 is 0 Å². The van der Waals surface area contributed by atoms with Crippen LogP contribution in [0.3, 0.4) is 0 Å². The third-order valence-electron chi connectivity index (χ3n) is 4.28.